The molecule has 5 rings (SSSR count). The summed E-state index contributed by atoms with van der Waals surface area (Å²) in [5, 5.41) is 3.25. The number of amides is 1. The molecule has 0 unspecified atom stereocenters. The molecule has 1 amide bonds. The third-order valence-electron chi connectivity index (χ3n) is 6.93. The van der Waals surface area contributed by atoms with Gasteiger partial charge in [0.15, 0.2) is 0 Å². The van der Waals surface area contributed by atoms with E-state index in [-0.39, 0.29) is 5.91 Å². The number of rotatable bonds is 7. The molecular weight excluding hydrogens is 462 g/mol. The van der Waals surface area contributed by atoms with Crippen molar-refractivity contribution in [3.8, 4) is 5.75 Å². The van der Waals surface area contributed by atoms with E-state index in [1.807, 2.05) is 23.1 Å². The molecule has 1 N–H and O–H groups in total. The van der Waals surface area contributed by atoms with E-state index in [4.69, 9.17) is 4.74 Å². The van der Waals surface area contributed by atoms with E-state index >= 15 is 0 Å². The summed E-state index contributed by atoms with van der Waals surface area (Å²) in [7, 11) is 0. The highest BCUT2D eigenvalue weighted by atomic mass is 16.5. The van der Waals surface area contributed by atoms with Crippen LogP contribution in [0.4, 0.5) is 5.69 Å². The number of hydrogen-bond donors (Lipinski definition) is 1. The minimum absolute atomic E-state index is 0.0318. The van der Waals surface area contributed by atoms with Crippen LogP contribution in [0, 0.1) is 0 Å². The highest BCUT2D eigenvalue weighted by molar-refractivity contribution is 6.35. The Kier molecular flexibility index (Phi) is 10.1. The van der Waals surface area contributed by atoms with Crippen molar-refractivity contribution in [1.29, 1.82) is 0 Å². The first kappa shape index (κ1) is 26.9. The van der Waals surface area contributed by atoms with Crippen molar-refractivity contribution in [2.45, 2.75) is 52.5 Å². The fraction of sp³-hybridized carbons (Fsp3) is 0.500. The molecule has 0 aromatic heterocycles. The molecule has 7 heteroatoms. The molecule has 2 aromatic rings. The van der Waals surface area contributed by atoms with Gasteiger partial charge in [-0.2, -0.15) is 0 Å². The molecule has 0 atom stereocenters. The lowest BCUT2D eigenvalue weighted by Gasteiger charge is -2.29. The predicted octanol–water partition coefficient (Wildman–Crippen LogP) is 5.06. The largest absolute Gasteiger partial charge is 0.491 e. The SMILES string of the molecule is CCCCC.O=C1c2cc(NC3=NCCN=C3)ccc2OCCN1CCCN1CCc2ccccc2C1. The third kappa shape index (κ3) is 7.65. The number of hydrogen-bond acceptors (Lipinski definition) is 6. The number of benzene rings is 2. The van der Waals surface area contributed by atoms with Gasteiger partial charge in [0.1, 0.15) is 18.2 Å². The van der Waals surface area contributed by atoms with Crippen molar-refractivity contribution in [2.75, 3.05) is 51.2 Å². The summed E-state index contributed by atoms with van der Waals surface area (Å²) in [6, 6.07) is 14.3. The minimum atomic E-state index is 0.0318. The summed E-state index contributed by atoms with van der Waals surface area (Å²) in [4.78, 5) is 26.3. The first-order chi connectivity index (χ1) is 18.2. The van der Waals surface area contributed by atoms with Crippen LogP contribution in [-0.2, 0) is 13.0 Å². The Morgan fingerprint density at radius 3 is 2.57 bits per heavy atom. The zero-order chi connectivity index (χ0) is 25.9. The average molecular weight is 504 g/mol. The molecule has 7 nitrogen and oxygen atoms in total. The van der Waals surface area contributed by atoms with Crippen molar-refractivity contribution in [1.82, 2.24) is 9.80 Å². The number of unbranched alkanes of at least 4 members (excludes halogenated alkanes) is 2. The van der Waals surface area contributed by atoms with Gasteiger partial charge in [-0.05, 0) is 42.2 Å². The molecule has 3 aliphatic heterocycles. The topological polar surface area (TPSA) is 69.5 Å². The predicted molar refractivity (Wildman–Crippen MR) is 152 cm³/mol. The summed E-state index contributed by atoms with van der Waals surface area (Å²) in [5.41, 5.74) is 4.32. The molecule has 0 radical (unpaired) electrons. The number of carbonyl (C=O) groups excluding carboxylic acids is 1. The molecule has 2 aromatic carbocycles. The molecule has 37 heavy (non-hydrogen) atoms. The van der Waals surface area contributed by atoms with Gasteiger partial charge in [0.25, 0.3) is 5.91 Å². The van der Waals surface area contributed by atoms with Gasteiger partial charge < -0.3 is 15.0 Å². The second-order valence-electron chi connectivity index (χ2n) is 9.78. The molecule has 0 saturated carbocycles. The second-order valence-corrected chi connectivity index (χ2v) is 9.78. The molecule has 0 spiro atoms. The van der Waals surface area contributed by atoms with Crippen LogP contribution in [0.3, 0.4) is 0 Å². The number of nitrogens with zero attached hydrogens (tertiary/aromatic N) is 4. The van der Waals surface area contributed by atoms with Gasteiger partial charge >= 0.3 is 0 Å². The van der Waals surface area contributed by atoms with Crippen LogP contribution in [0.15, 0.2) is 52.4 Å². The normalized spacial score (nSPS) is 17.0. The Morgan fingerprint density at radius 1 is 0.973 bits per heavy atom. The van der Waals surface area contributed by atoms with E-state index in [0.717, 1.165) is 57.1 Å². The van der Waals surface area contributed by atoms with Gasteiger partial charge in [0.2, 0.25) is 0 Å². The second kappa shape index (κ2) is 13.9. The molecule has 0 aliphatic carbocycles. The fourth-order valence-electron chi connectivity index (χ4n) is 4.88. The van der Waals surface area contributed by atoms with Gasteiger partial charge in [-0.25, -0.2) is 0 Å². The van der Waals surface area contributed by atoms with Crippen LogP contribution in [-0.4, -0.2) is 73.6 Å². The van der Waals surface area contributed by atoms with Crippen molar-refractivity contribution >= 4 is 23.6 Å². The Balaban J connectivity index is 0.000000586. The van der Waals surface area contributed by atoms with Gasteiger partial charge in [0, 0.05) is 31.9 Å². The maximum absolute atomic E-state index is 13.3. The summed E-state index contributed by atoms with van der Waals surface area (Å²) < 4.78 is 5.87. The van der Waals surface area contributed by atoms with Crippen molar-refractivity contribution in [3.05, 3.63) is 59.2 Å². The Labute approximate surface area is 221 Å². The first-order valence-electron chi connectivity index (χ1n) is 13.8. The smallest absolute Gasteiger partial charge is 0.257 e. The monoisotopic (exact) mass is 503 g/mol. The lowest BCUT2D eigenvalue weighted by atomic mass is 10.00. The van der Waals surface area contributed by atoms with Gasteiger partial charge in [0.05, 0.1) is 31.4 Å². The number of anilines is 1. The molecule has 0 fully saturated rings. The number of nitrogens with one attached hydrogen (secondary N) is 1. The molecule has 0 saturated heterocycles. The number of fused-ring (bicyclic) bond motifs is 2. The fourth-order valence-corrected chi connectivity index (χ4v) is 4.88. The van der Waals surface area contributed by atoms with Crippen LogP contribution >= 0.6 is 0 Å². The number of amidine groups is 1. The van der Waals surface area contributed by atoms with Gasteiger partial charge in [-0.1, -0.05) is 57.4 Å². The molecule has 198 valence electrons. The number of ether oxygens (including phenoxy) is 1. The number of aliphatic imine (C=N–C) groups is 2. The lowest BCUT2D eigenvalue weighted by molar-refractivity contribution is 0.0746. The van der Waals surface area contributed by atoms with Crippen LogP contribution in [0.5, 0.6) is 5.75 Å². The van der Waals surface area contributed by atoms with Crippen molar-refractivity contribution in [3.63, 3.8) is 0 Å². The first-order valence-corrected chi connectivity index (χ1v) is 13.8. The van der Waals surface area contributed by atoms with E-state index in [9.17, 15) is 4.79 Å². The van der Waals surface area contributed by atoms with Gasteiger partial charge in [-0.3, -0.25) is 19.7 Å². The summed E-state index contributed by atoms with van der Waals surface area (Å²) in [6.45, 7) is 10.8. The summed E-state index contributed by atoms with van der Waals surface area (Å²) >= 11 is 0. The maximum atomic E-state index is 13.3. The summed E-state index contributed by atoms with van der Waals surface area (Å²) in [5.74, 6) is 1.40. The molecule has 0 bridgehead atoms. The highest BCUT2D eigenvalue weighted by Crippen LogP contribution is 2.27. The highest BCUT2D eigenvalue weighted by Gasteiger charge is 2.24. The quantitative estimate of drug-likeness (QED) is 0.573. The van der Waals surface area contributed by atoms with Crippen LogP contribution in [0.25, 0.3) is 0 Å². The van der Waals surface area contributed by atoms with E-state index in [0.29, 0.717) is 31.0 Å². The molecular formula is C30H41N5O2. The Bertz CT molecular complexity index is 1100. The molecule has 3 heterocycles. The standard InChI is InChI=1S/C25H29N5O2.C5H12/c31-25-22-16-21(28-24-17-26-9-10-27-24)6-7-23(22)32-15-14-30(25)12-3-11-29-13-8-19-4-1-2-5-20(19)18-29;1-3-5-4-2/h1-2,4-7,16-17H,3,8-15,18H2,(H,27,28);3-5H2,1-2H3. The minimum Gasteiger partial charge on any atom is -0.491 e. The number of carbonyl (C=O) groups is 1. The van der Waals surface area contributed by atoms with E-state index in [1.165, 1.54) is 30.4 Å². The van der Waals surface area contributed by atoms with Crippen molar-refractivity contribution in [2.24, 2.45) is 9.98 Å². The Hall–Kier alpha value is -3.19. The van der Waals surface area contributed by atoms with E-state index in [2.05, 4.69) is 58.3 Å². The zero-order valence-electron chi connectivity index (χ0n) is 22.4. The van der Waals surface area contributed by atoms with Crippen LogP contribution in [0.1, 0.15) is 61.0 Å². The van der Waals surface area contributed by atoms with E-state index < -0.39 is 0 Å². The Morgan fingerprint density at radius 2 is 1.81 bits per heavy atom. The lowest BCUT2D eigenvalue weighted by Crippen LogP contribution is -2.36. The zero-order valence-corrected chi connectivity index (χ0v) is 22.4. The third-order valence-corrected chi connectivity index (χ3v) is 6.93. The van der Waals surface area contributed by atoms with Crippen LogP contribution in [0.2, 0.25) is 0 Å². The van der Waals surface area contributed by atoms with Crippen LogP contribution < -0.4 is 10.1 Å². The summed E-state index contributed by atoms with van der Waals surface area (Å²) in [6.07, 6.45) is 7.87. The van der Waals surface area contributed by atoms with Gasteiger partial charge in [-0.15, -0.1) is 0 Å². The van der Waals surface area contributed by atoms with Crippen molar-refractivity contribution < 1.29 is 9.53 Å². The maximum Gasteiger partial charge on any atom is 0.257 e. The van der Waals surface area contributed by atoms with E-state index in [1.54, 1.807) is 6.21 Å². The average Bonchev–Trinajstić information content (AvgIpc) is 3.08. The molecule has 3 aliphatic rings.